The first-order valence-corrected chi connectivity index (χ1v) is 6.64. The Labute approximate surface area is 99.6 Å². The maximum absolute atomic E-state index is 4.25. The van der Waals surface area contributed by atoms with Gasteiger partial charge in [-0.15, -0.1) is 0 Å². The molecule has 98 valence electrons. The second-order valence-electron chi connectivity index (χ2n) is 3.18. The first-order valence-electron chi connectivity index (χ1n) is 6.64. The highest BCUT2D eigenvalue weighted by Crippen LogP contribution is 2.00. The van der Waals surface area contributed by atoms with Crippen molar-refractivity contribution in [1.82, 2.24) is 0 Å². The van der Waals surface area contributed by atoms with Gasteiger partial charge in [0.1, 0.15) is 0 Å². The fourth-order valence-electron chi connectivity index (χ4n) is 0.677. The average molecular weight is 220 g/mol. The molecule has 0 fully saturated rings. The lowest BCUT2D eigenvalue weighted by Crippen LogP contribution is -1.70. The van der Waals surface area contributed by atoms with E-state index in [0.29, 0.717) is 0 Å². The lowest BCUT2D eigenvalue weighted by Gasteiger charge is -1.90. The molecule has 0 bridgehead atoms. The number of rotatable bonds is 4. The molecule has 0 aromatic rings. The molecule has 0 aliphatic heterocycles. The van der Waals surface area contributed by atoms with Gasteiger partial charge in [0.15, 0.2) is 0 Å². The van der Waals surface area contributed by atoms with Gasteiger partial charge in [-0.2, -0.15) is 0 Å². The Kier molecular flexibility index (Phi) is 78.3. The first kappa shape index (κ1) is 24.3. The molecule has 0 spiro atoms. The summed E-state index contributed by atoms with van der Waals surface area (Å²) in [7, 11) is 3.25. The van der Waals surface area contributed by atoms with Gasteiger partial charge >= 0.3 is 0 Å². The Morgan fingerprint density at radius 2 is 0.867 bits per heavy atom. The van der Waals surface area contributed by atoms with Crippen LogP contribution in [0.25, 0.3) is 0 Å². The summed E-state index contributed by atoms with van der Waals surface area (Å²) in [5, 5.41) is 0. The summed E-state index contributed by atoms with van der Waals surface area (Å²) >= 11 is 0. The first-order chi connectivity index (χ1) is 7.24. The number of ether oxygens (including phenoxy) is 1. The van der Waals surface area contributed by atoms with Crippen molar-refractivity contribution < 1.29 is 4.74 Å². The molecule has 0 saturated carbocycles. The molecule has 0 unspecified atom stereocenters. The Balaban J connectivity index is -0.0000000638. The van der Waals surface area contributed by atoms with Crippen molar-refractivity contribution in [1.29, 1.82) is 0 Å². The molecule has 0 aromatic heterocycles. The van der Waals surface area contributed by atoms with Crippen LogP contribution in [0.5, 0.6) is 0 Å². The van der Waals surface area contributed by atoms with Crippen LogP contribution < -0.4 is 0 Å². The zero-order valence-corrected chi connectivity index (χ0v) is 12.7. The number of hydrogen-bond donors (Lipinski definition) is 0. The number of methoxy groups -OCH3 is 1. The highest BCUT2D eigenvalue weighted by atomic mass is 16.4. The molecule has 0 atom stereocenters. The summed E-state index contributed by atoms with van der Waals surface area (Å²) in [4.78, 5) is 0. The lowest BCUT2D eigenvalue weighted by molar-refractivity contribution is 0.277. The number of hydrogen-bond acceptors (Lipinski definition) is 1. The third kappa shape index (κ3) is 127. The summed E-state index contributed by atoms with van der Waals surface area (Å²) in [6.07, 6.45) is 8.26. The molecule has 0 rings (SSSR count). The molecule has 15 heavy (non-hydrogen) atoms. The molecule has 0 heterocycles. The molecule has 0 aliphatic rings. The van der Waals surface area contributed by atoms with Crippen molar-refractivity contribution in [2.45, 2.75) is 80.1 Å². The van der Waals surface area contributed by atoms with Crippen LogP contribution in [0, 0.1) is 0 Å². The van der Waals surface area contributed by atoms with Crippen LogP contribution in [-0.4, -0.2) is 14.2 Å². The normalized spacial score (nSPS) is 7.20. The Morgan fingerprint density at radius 1 is 0.667 bits per heavy atom. The largest absolute Gasteiger partial charge is 0.388 e. The fourth-order valence-corrected chi connectivity index (χ4v) is 0.677. The van der Waals surface area contributed by atoms with Gasteiger partial charge in [-0.25, -0.2) is 0 Å². The van der Waals surface area contributed by atoms with Crippen LogP contribution in [0.15, 0.2) is 0 Å². The van der Waals surface area contributed by atoms with Gasteiger partial charge in [-0.1, -0.05) is 80.1 Å². The van der Waals surface area contributed by atoms with Crippen molar-refractivity contribution in [3.05, 3.63) is 0 Å². The standard InChI is InChI=1S/C7H16.C3H8.C2H6O.C2H6/c1-3-5-7-6-4-2;2*1-3-2;1-2/h3-7H2,1-2H3;3H2,1-2H3;1-2H3;1-2H3. The monoisotopic (exact) mass is 220 g/mol. The van der Waals surface area contributed by atoms with E-state index in [0.717, 1.165) is 0 Å². The van der Waals surface area contributed by atoms with Gasteiger partial charge in [-0.3, -0.25) is 0 Å². The van der Waals surface area contributed by atoms with Gasteiger partial charge in [-0.05, 0) is 0 Å². The van der Waals surface area contributed by atoms with Crippen molar-refractivity contribution in [3.63, 3.8) is 0 Å². The highest BCUT2D eigenvalue weighted by Gasteiger charge is 1.80. The Bertz CT molecular complexity index is 38.6. The minimum Gasteiger partial charge on any atom is -0.388 e. The maximum Gasteiger partial charge on any atom is 0.0351 e. The van der Waals surface area contributed by atoms with E-state index in [1.165, 1.54) is 38.5 Å². The lowest BCUT2D eigenvalue weighted by atomic mass is 10.2. The topological polar surface area (TPSA) is 9.23 Å². The van der Waals surface area contributed by atoms with E-state index in [1.54, 1.807) is 14.2 Å². The zero-order chi connectivity index (χ0) is 12.9. The molecule has 0 saturated heterocycles. The van der Waals surface area contributed by atoms with E-state index < -0.39 is 0 Å². The van der Waals surface area contributed by atoms with E-state index >= 15 is 0 Å². The summed E-state index contributed by atoms with van der Waals surface area (Å²) in [5.41, 5.74) is 0. The predicted octanol–water partition coefficient (Wildman–Crippen LogP) is 5.68. The second-order valence-corrected chi connectivity index (χ2v) is 3.18. The van der Waals surface area contributed by atoms with Gasteiger partial charge in [0.2, 0.25) is 0 Å². The summed E-state index contributed by atoms with van der Waals surface area (Å²) in [6, 6.07) is 0. The SMILES string of the molecule is CC.CCC.CCCCCCC.COC. The van der Waals surface area contributed by atoms with Crippen LogP contribution >= 0.6 is 0 Å². The molecule has 0 N–H and O–H groups in total. The summed E-state index contributed by atoms with van der Waals surface area (Å²) in [5.74, 6) is 0. The molecule has 1 heteroatoms. The van der Waals surface area contributed by atoms with Crippen LogP contribution in [0.1, 0.15) is 80.1 Å². The van der Waals surface area contributed by atoms with Crippen molar-refractivity contribution >= 4 is 0 Å². The van der Waals surface area contributed by atoms with Crippen LogP contribution in [0.2, 0.25) is 0 Å². The van der Waals surface area contributed by atoms with Crippen molar-refractivity contribution in [3.8, 4) is 0 Å². The minimum atomic E-state index is 1.25. The van der Waals surface area contributed by atoms with E-state index in [-0.39, 0.29) is 0 Å². The second kappa shape index (κ2) is 48.4. The van der Waals surface area contributed by atoms with Crippen LogP contribution in [0.4, 0.5) is 0 Å². The van der Waals surface area contributed by atoms with Gasteiger partial charge in [0.05, 0.1) is 0 Å². The quantitative estimate of drug-likeness (QED) is 0.554. The molecular weight excluding hydrogens is 184 g/mol. The van der Waals surface area contributed by atoms with Crippen molar-refractivity contribution in [2.75, 3.05) is 14.2 Å². The predicted molar refractivity (Wildman–Crippen MR) is 74.7 cm³/mol. The summed E-state index contributed by atoms with van der Waals surface area (Å²) in [6.45, 7) is 12.7. The Hall–Kier alpha value is -0.0400. The van der Waals surface area contributed by atoms with E-state index in [1.807, 2.05) is 13.8 Å². The van der Waals surface area contributed by atoms with Gasteiger partial charge in [0.25, 0.3) is 0 Å². The molecule has 1 nitrogen and oxygen atoms in total. The van der Waals surface area contributed by atoms with E-state index in [2.05, 4.69) is 32.4 Å². The average Bonchev–Trinajstić information content (AvgIpc) is 2.24. The minimum absolute atomic E-state index is 1.25. The molecular formula is C14H36O. The molecule has 0 amide bonds. The van der Waals surface area contributed by atoms with Crippen LogP contribution in [0.3, 0.4) is 0 Å². The third-order valence-corrected chi connectivity index (χ3v) is 1.21. The third-order valence-electron chi connectivity index (χ3n) is 1.21. The zero-order valence-electron chi connectivity index (χ0n) is 12.7. The molecule has 0 radical (unpaired) electrons. The molecule has 0 aromatic carbocycles. The highest BCUT2D eigenvalue weighted by molar-refractivity contribution is 4.35. The smallest absolute Gasteiger partial charge is 0.0351 e. The van der Waals surface area contributed by atoms with Gasteiger partial charge < -0.3 is 4.74 Å². The fraction of sp³-hybridized carbons (Fsp3) is 1.00. The Morgan fingerprint density at radius 3 is 1.00 bits per heavy atom. The van der Waals surface area contributed by atoms with E-state index in [4.69, 9.17) is 0 Å². The van der Waals surface area contributed by atoms with Gasteiger partial charge in [0, 0.05) is 14.2 Å². The van der Waals surface area contributed by atoms with Crippen molar-refractivity contribution in [2.24, 2.45) is 0 Å². The number of unbranched alkanes of at least 4 members (excludes halogenated alkanes) is 4. The maximum atomic E-state index is 4.25. The van der Waals surface area contributed by atoms with E-state index in [9.17, 15) is 0 Å². The van der Waals surface area contributed by atoms with Crippen LogP contribution in [-0.2, 0) is 4.74 Å². The molecule has 0 aliphatic carbocycles. The summed E-state index contributed by atoms with van der Waals surface area (Å²) < 4.78 is 4.25.